The number of aromatic nitrogens is 1. The number of hydrogen-bond donors (Lipinski definition) is 0. The van der Waals surface area contributed by atoms with Crippen molar-refractivity contribution in [3.05, 3.63) is 41.4 Å². The molecule has 0 saturated heterocycles. The lowest BCUT2D eigenvalue weighted by molar-refractivity contribution is -0.121. The van der Waals surface area contributed by atoms with E-state index in [-0.39, 0.29) is 23.5 Å². The normalized spacial score (nSPS) is 22.3. The molecule has 26 heavy (non-hydrogen) atoms. The first-order valence-electron chi connectivity index (χ1n) is 8.79. The summed E-state index contributed by atoms with van der Waals surface area (Å²) in [5.41, 5.74) is 1.17. The lowest BCUT2D eigenvalue weighted by atomic mass is 9.84. The van der Waals surface area contributed by atoms with Gasteiger partial charge in [-0.3, -0.25) is 4.79 Å². The maximum atomic E-state index is 12.5. The molecule has 3 rings (SSSR count). The van der Waals surface area contributed by atoms with Gasteiger partial charge in [0, 0.05) is 29.7 Å². The predicted molar refractivity (Wildman–Crippen MR) is 104 cm³/mol. The van der Waals surface area contributed by atoms with Crippen LogP contribution in [0.25, 0.3) is 0 Å². The maximum Gasteiger partial charge on any atom is 0.149 e. The predicted octanol–water partition coefficient (Wildman–Crippen LogP) is 4.61. The molecule has 1 aliphatic rings. The summed E-state index contributed by atoms with van der Waals surface area (Å²) in [5.74, 6) is 2.00. The average molecular weight is 387 g/mol. The summed E-state index contributed by atoms with van der Waals surface area (Å²) in [6.07, 6.45) is 4.74. The monoisotopic (exact) mass is 386 g/mol. The fraction of sp³-hybridized carbons (Fsp3) is 0.450. The summed E-state index contributed by atoms with van der Waals surface area (Å²) in [7, 11) is 1.66. The van der Waals surface area contributed by atoms with E-state index in [9.17, 15) is 10.1 Å². The fourth-order valence-corrected chi connectivity index (χ4v) is 5.42. The van der Waals surface area contributed by atoms with Gasteiger partial charge < -0.3 is 4.74 Å². The molecular weight excluding hydrogens is 364 g/mol. The highest BCUT2D eigenvalue weighted by Crippen LogP contribution is 2.40. The minimum atomic E-state index is -0.144. The second kappa shape index (κ2) is 9.20. The van der Waals surface area contributed by atoms with Crippen LogP contribution in [0.1, 0.15) is 24.8 Å². The molecule has 0 spiro atoms. The van der Waals surface area contributed by atoms with Crippen LogP contribution in [0.4, 0.5) is 0 Å². The molecule has 136 valence electrons. The van der Waals surface area contributed by atoms with Gasteiger partial charge in [0.25, 0.3) is 0 Å². The van der Waals surface area contributed by atoms with Gasteiger partial charge in [-0.1, -0.05) is 23.9 Å². The van der Waals surface area contributed by atoms with E-state index >= 15 is 0 Å². The Morgan fingerprint density at radius 3 is 3.04 bits per heavy atom. The molecule has 1 heterocycles. The number of methoxy groups -OCH3 is 1. The van der Waals surface area contributed by atoms with Crippen molar-refractivity contribution >= 4 is 28.9 Å². The Hall–Kier alpha value is -1.84. The number of ether oxygens (including phenoxy) is 1. The van der Waals surface area contributed by atoms with Crippen LogP contribution in [0.2, 0.25) is 0 Å². The van der Waals surface area contributed by atoms with Gasteiger partial charge >= 0.3 is 0 Å². The number of hydrogen-bond acceptors (Lipinski definition) is 6. The van der Waals surface area contributed by atoms with Gasteiger partial charge in [0.1, 0.15) is 15.9 Å². The topological polar surface area (TPSA) is 63.0 Å². The van der Waals surface area contributed by atoms with Crippen LogP contribution in [0.15, 0.2) is 40.2 Å². The Bertz CT molecular complexity index is 770. The number of aryl methyl sites for hydroxylation is 1. The standard InChI is InChI=1S/C20H22N2O2S2/c1-24-16-4-2-3-14(11-16)5-6-18-17(15(13-21)12-19(18)23)7-9-25-20-22-8-10-26-20/h2-4,8,10-11,15,17-18H,5-7,9,12H2,1H3/t15?,17-,18+/m0/s1. The zero-order valence-electron chi connectivity index (χ0n) is 14.8. The van der Waals surface area contributed by atoms with Gasteiger partial charge in [0.15, 0.2) is 0 Å². The van der Waals surface area contributed by atoms with Crippen molar-refractivity contribution in [3.63, 3.8) is 0 Å². The van der Waals surface area contributed by atoms with E-state index in [0.717, 1.165) is 35.1 Å². The average Bonchev–Trinajstić information content (AvgIpc) is 3.28. The molecule has 1 saturated carbocycles. The number of thiazole rings is 1. The van der Waals surface area contributed by atoms with Crippen LogP contribution in [0.5, 0.6) is 5.75 Å². The number of carbonyl (C=O) groups excluding carboxylic acids is 1. The van der Waals surface area contributed by atoms with Gasteiger partial charge in [-0.15, -0.1) is 11.3 Å². The highest BCUT2D eigenvalue weighted by Gasteiger charge is 2.41. The van der Waals surface area contributed by atoms with Crippen molar-refractivity contribution in [2.45, 2.75) is 30.0 Å². The quantitative estimate of drug-likeness (QED) is 0.620. The minimum Gasteiger partial charge on any atom is -0.497 e. The summed E-state index contributed by atoms with van der Waals surface area (Å²) in [6.45, 7) is 0. The molecule has 0 aliphatic heterocycles. The van der Waals surface area contributed by atoms with Crippen LogP contribution in [-0.4, -0.2) is 23.6 Å². The molecule has 2 aromatic rings. The summed E-state index contributed by atoms with van der Waals surface area (Å²) in [5, 5.41) is 11.4. The summed E-state index contributed by atoms with van der Waals surface area (Å²) in [4.78, 5) is 16.8. The van der Waals surface area contributed by atoms with E-state index in [2.05, 4.69) is 17.1 Å². The van der Waals surface area contributed by atoms with Crippen molar-refractivity contribution in [1.29, 1.82) is 5.26 Å². The van der Waals surface area contributed by atoms with Crippen molar-refractivity contribution in [2.24, 2.45) is 17.8 Å². The molecule has 1 unspecified atom stereocenters. The number of carbonyl (C=O) groups is 1. The number of nitriles is 1. The first-order chi connectivity index (χ1) is 12.7. The second-order valence-corrected chi connectivity index (χ2v) is 8.74. The third kappa shape index (κ3) is 4.66. The summed E-state index contributed by atoms with van der Waals surface area (Å²) >= 11 is 3.35. The zero-order chi connectivity index (χ0) is 18.4. The van der Waals surface area contributed by atoms with Crippen LogP contribution >= 0.6 is 23.1 Å². The Morgan fingerprint density at radius 2 is 2.31 bits per heavy atom. The molecule has 0 bridgehead atoms. The van der Waals surface area contributed by atoms with Gasteiger partial charge in [-0.2, -0.15) is 5.26 Å². The third-order valence-corrected chi connectivity index (χ3v) is 7.00. The smallest absolute Gasteiger partial charge is 0.149 e. The molecule has 0 N–H and O–H groups in total. The number of benzene rings is 1. The molecule has 0 amide bonds. The minimum absolute atomic E-state index is 0.0113. The molecule has 6 heteroatoms. The second-order valence-electron chi connectivity index (χ2n) is 6.50. The number of ketones is 1. The summed E-state index contributed by atoms with van der Waals surface area (Å²) < 4.78 is 6.33. The van der Waals surface area contributed by atoms with E-state index in [1.54, 1.807) is 36.4 Å². The molecule has 4 nitrogen and oxygen atoms in total. The van der Waals surface area contributed by atoms with Crippen LogP contribution in [0, 0.1) is 29.1 Å². The van der Waals surface area contributed by atoms with Crippen LogP contribution in [0.3, 0.4) is 0 Å². The first kappa shape index (κ1) is 18.9. The molecule has 1 aromatic heterocycles. The lowest BCUT2D eigenvalue weighted by Gasteiger charge is -2.20. The van der Waals surface area contributed by atoms with Gasteiger partial charge in [0.2, 0.25) is 0 Å². The Labute approximate surface area is 162 Å². The van der Waals surface area contributed by atoms with E-state index in [4.69, 9.17) is 4.74 Å². The van der Waals surface area contributed by atoms with Crippen LogP contribution in [-0.2, 0) is 11.2 Å². The molecule has 1 aromatic carbocycles. The highest BCUT2D eigenvalue weighted by atomic mass is 32.2. The highest BCUT2D eigenvalue weighted by molar-refractivity contribution is 8.00. The van der Waals surface area contributed by atoms with Crippen molar-refractivity contribution < 1.29 is 9.53 Å². The van der Waals surface area contributed by atoms with E-state index < -0.39 is 0 Å². The van der Waals surface area contributed by atoms with Gasteiger partial charge in [-0.05, 0) is 42.9 Å². The SMILES string of the molecule is COc1cccc(CC[C@H]2C(=O)CC(C#N)[C@@H]2CCSc2nccs2)c1. The largest absolute Gasteiger partial charge is 0.497 e. The number of Topliss-reactive ketones (excluding diaryl/α,β-unsaturated/α-hetero) is 1. The fourth-order valence-electron chi connectivity index (χ4n) is 3.67. The maximum absolute atomic E-state index is 12.5. The first-order valence-corrected chi connectivity index (χ1v) is 10.7. The molecule has 0 radical (unpaired) electrons. The molecule has 3 atom stereocenters. The number of nitrogens with zero attached hydrogens (tertiary/aromatic N) is 2. The number of thioether (sulfide) groups is 1. The molecular formula is C20H22N2O2S2. The zero-order valence-corrected chi connectivity index (χ0v) is 16.4. The lowest BCUT2D eigenvalue weighted by Crippen LogP contribution is -2.19. The van der Waals surface area contributed by atoms with Crippen molar-refractivity contribution in [1.82, 2.24) is 4.98 Å². The van der Waals surface area contributed by atoms with E-state index in [1.807, 2.05) is 23.6 Å². The summed E-state index contributed by atoms with van der Waals surface area (Å²) in [6, 6.07) is 10.4. The Balaban J connectivity index is 1.60. The van der Waals surface area contributed by atoms with Crippen LogP contribution < -0.4 is 4.74 Å². The van der Waals surface area contributed by atoms with Gasteiger partial charge in [-0.25, -0.2) is 4.98 Å². The van der Waals surface area contributed by atoms with Crippen molar-refractivity contribution in [3.8, 4) is 11.8 Å². The third-order valence-electron chi connectivity index (χ3n) is 5.00. The van der Waals surface area contributed by atoms with Gasteiger partial charge in [0.05, 0.1) is 19.1 Å². The Morgan fingerprint density at radius 1 is 1.42 bits per heavy atom. The molecule has 1 aliphatic carbocycles. The number of rotatable bonds is 8. The van der Waals surface area contributed by atoms with E-state index in [1.165, 1.54) is 5.56 Å². The molecule has 1 fully saturated rings. The Kier molecular flexibility index (Phi) is 6.70. The van der Waals surface area contributed by atoms with Crippen molar-refractivity contribution in [2.75, 3.05) is 12.9 Å². The van der Waals surface area contributed by atoms with E-state index in [0.29, 0.717) is 6.42 Å².